The monoisotopic (exact) mass is 372 g/mol. The zero-order valence-corrected chi connectivity index (χ0v) is 15.2. The highest BCUT2D eigenvalue weighted by Gasteiger charge is 2.18. The van der Waals surface area contributed by atoms with Crippen LogP contribution in [-0.4, -0.2) is 26.8 Å². The maximum Gasteiger partial charge on any atom is 0.338 e. The molecule has 0 bridgehead atoms. The number of hydrogen-bond donors (Lipinski definition) is 1. The molecule has 1 N–H and O–H groups in total. The molecule has 0 saturated heterocycles. The number of aromatic nitrogens is 2. The van der Waals surface area contributed by atoms with Crippen LogP contribution in [0.2, 0.25) is 0 Å². The second-order valence-electron chi connectivity index (χ2n) is 6.13. The van der Waals surface area contributed by atoms with Crippen molar-refractivity contribution >= 4 is 17.0 Å². The van der Waals surface area contributed by atoms with Crippen molar-refractivity contribution < 1.29 is 19.0 Å². The molecule has 27 heavy (non-hydrogen) atoms. The number of rotatable bonds is 6. The number of ether oxygens (including phenoxy) is 1. The Morgan fingerprint density at radius 1 is 1.11 bits per heavy atom. The third-order valence-electron chi connectivity index (χ3n) is 4.46. The Kier molecular flexibility index (Phi) is 5.41. The van der Waals surface area contributed by atoms with Crippen LogP contribution in [0.5, 0.6) is 0 Å². The summed E-state index contributed by atoms with van der Waals surface area (Å²) in [6.45, 7) is 4.26. The first-order valence-corrected chi connectivity index (χ1v) is 8.80. The summed E-state index contributed by atoms with van der Waals surface area (Å²) in [4.78, 5) is 24.8. The molecule has 0 aliphatic heterocycles. The predicted octanol–water partition coefficient (Wildman–Crippen LogP) is 2.87. The maximum absolute atomic E-state index is 13.1. The van der Waals surface area contributed by atoms with E-state index >= 15 is 0 Å². The number of carbonyl (C=O) groups is 1. The number of nitrogens with zero attached hydrogens (tertiary/aromatic N) is 2. The van der Waals surface area contributed by atoms with Crippen LogP contribution in [0, 0.1) is 5.82 Å². The Morgan fingerprint density at radius 2 is 1.81 bits per heavy atom. The second kappa shape index (κ2) is 7.75. The summed E-state index contributed by atoms with van der Waals surface area (Å²) >= 11 is 0. The van der Waals surface area contributed by atoms with Crippen LogP contribution in [0.1, 0.15) is 35.9 Å². The van der Waals surface area contributed by atoms with Gasteiger partial charge in [0.15, 0.2) is 0 Å². The van der Waals surface area contributed by atoms with Crippen molar-refractivity contribution in [3.63, 3.8) is 0 Å². The van der Waals surface area contributed by atoms with E-state index in [1.165, 1.54) is 28.8 Å². The SMILES string of the molecule is CCOC(=O)c1ccc2c(c1)n(CC(O)c1ccc(F)cc1)c(=O)n2CC. The Bertz CT molecular complexity index is 1020. The average Bonchev–Trinajstić information content (AvgIpc) is 2.93. The van der Waals surface area contributed by atoms with E-state index in [1.807, 2.05) is 6.92 Å². The van der Waals surface area contributed by atoms with Crippen molar-refractivity contribution in [2.45, 2.75) is 33.0 Å². The molecule has 0 radical (unpaired) electrons. The number of halogens is 1. The van der Waals surface area contributed by atoms with Crippen LogP contribution < -0.4 is 5.69 Å². The third-order valence-corrected chi connectivity index (χ3v) is 4.46. The van der Waals surface area contributed by atoms with Crippen LogP contribution in [0.4, 0.5) is 4.39 Å². The van der Waals surface area contributed by atoms with Crippen LogP contribution in [-0.2, 0) is 17.8 Å². The molecule has 142 valence electrons. The molecule has 1 atom stereocenters. The molecule has 0 aliphatic rings. The topological polar surface area (TPSA) is 73.5 Å². The van der Waals surface area contributed by atoms with Crippen molar-refractivity contribution in [1.29, 1.82) is 0 Å². The first-order chi connectivity index (χ1) is 13.0. The van der Waals surface area contributed by atoms with E-state index in [9.17, 15) is 19.1 Å². The highest BCUT2D eigenvalue weighted by molar-refractivity contribution is 5.93. The summed E-state index contributed by atoms with van der Waals surface area (Å²) in [5, 5.41) is 10.5. The molecule has 3 rings (SSSR count). The summed E-state index contributed by atoms with van der Waals surface area (Å²) in [5.41, 5.74) is 1.76. The van der Waals surface area contributed by atoms with E-state index in [-0.39, 0.29) is 18.8 Å². The van der Waals surface area contributed by atoms with Crippen molar-refractivity contribution in [1.82, 2.24) is 9.13 Å². The number of fused-ring (bicyclic) bond motifs is 1. The molecule has 1 unspecified atom stereocenters. The molecular formula is C20H21FN2O4. The van der Waals surface area contributed by atoms with Gasteiger partial charge in [0.1, 0.15) is 5.82 Å². The quantitative estimate of drug-likeness (QED) is 0.676. The molecule has 0 amide bonds. The van der Waals surface area contributed by atoms with Crippen molar-refractivity contribution in [3.8, 4) is 0 Å². The van der Waals surface area contributed by atoms with Crippen LogP contribution in [0.25, 0.3) is 11.0 Å². The first kappa shape index (κ1) is 18.8. The average molecular weight is 372 g/mol. The minimum atomic E-state index is -0.995. The molecule has 7 heteroatoms. The highest BCUT2D eigenvalue weighted by atomic mass is 19.1. The predicted molar refractivity (Wildman–Crippen MR) is 99.2 cm³/mol. The van der Waals surface area contributed by atoms with Gasteiger partial charge in [-0.25, -0.2) is 14.0 Å². The van der Waals surface area contributed by atoms with Gasteiger partial charge in [-0.05, 0) is 49.7 Å². The lowest BCUT2D eigenvalue weighted by Gasteiger charge is -2.12. The lowest BCUT2D eigenvalue weighted by molar-refractivity contribution is 0.0526. The van der Waals surface area contributed by atoms with Gasteiger partial charge in [-0.15, -0.1) is 0 Å². The van der Waals surface area contributed by atoms with Gasteiger partial charge in [0.2, 0.25) is 0 Å². The summed E-state index contributed by atoms with van der Waals surface area (Å²) in [6.07, 6.45) is -0.995. The van der Waals surface area contributed by atoms with Crippen LogP contribution in [0.3, 0.4) is 0 Å². The summed E-state index contributed by atoms with van der Waals surface area (Å²) in [7, 11) is 0. The van der Waals surface area contributed by atoms with Gasteiger partial charge in [0, 0.05) is 6.54 Å². The number of aliphatic hydroxyl groups is 1. The molecule has 1 heterocycles. The van der Waals surface area contributed by atoms with E-state index in [4.69, 9.17) is 4.74 Å². The van der Waals surface area contributed by atoms with Gasteiger partial charge in [0.25, 0.3) is 0 Å². The van der Waals surface area contributed by atoms with E-state index in [0.29, 0.717) is 28.7 Å². The normalized spacial score (nSPS) is 12.3. The Hall–Kier alpha value is -2.93. The standard InChI is InChI=1S/C20H21FN2O4/c1-3-22-16-10-7-14(19(25)27-4-2)11-17(16)23(20(22)26)12-18(24)13-5-8-15(21)9-6-13/h5-11,18,24H,3-4,12H2,1-2H3. The molecule has 0 aliphatic carbocycles. The van der Waals surface area contributed by atoms with E-state index in [0.717, 1.165) is 0 Å². The summed E-state index contributed by atoms with van der Waals surface area (Å²) in [5.74, 6) is -0.869. The smallest absolute Gasteiger partial charge is 0.338 e. The minimum Gasteiger partial charge on any atom is -0.462 e. The lowest BCUT2D eigenvalue weighted by Crippen LogP contribution is -2.26. The molecule has 0 spiro atoms. The fourth-order valence-electron chi connectivity index (χ4n) is 3.11. The minimum absolute atomic E-state index is 0.0136. The summed E-state index contributed by atoms with van der Waals surface area (Å²) < 4.78 is 21.1. The molecule has 0 saturated carbocycles. The van der Waals surface area contributed by atoms with Crippen molar-refractivity contribution in [2.75, 3.05) is 6.61 Å². The zero-order chi connectivity index (χ0) is 19.6. The number of carbonyl (C=O) groups excluding carboxylic acids is 1. The third kappa shape index (κ3) is 3.64. The Labute approximate surface area is 155 Å². The van der Waals surface area contributed by atoms with E-state index in [2.05, 4.69) is 0 Å². The fourth-order valence-corrected chi connectivity index (χ4v) is 3.11. The zero-order valence-electron chi connectivity index (χ0n) is 15.2. The van der Waals surface area contributed by atoms with Gasteiger partial charge in [0.05, 0.1) is 35.9 Å². The van der Waals surface area contributed by atoms with Gasteiger partial charge < -0.3 is 9.84 Å². The molecule has 2 aromatic carbocycles. The van der Waals surface area contributed by atoms with Gasteiger partial charge in [-0.1, -0.05) is 12.1 Å². The maximum atomic E-state index is 13.1. The van der Waals surface area contributed by atoms with Crippen LogP contribution in [0.15, 0.2) is 47.3 Å². The van der Waals surface area contributed by atoms with Crippen molar-refractivity contribution in [3.05, 3.63) is 69.9 Å². The Balaban J connectivity index is 2.05. The Morgan fingerprint density at radius 3 is 2.44 bits per heavy atom. The molecular weight excluding hydrogens is 351 g/mol. The second-order valence-corrected chi connectivity index (χ2v) is 6.13. The van der Waals surface area contributed by atoms with Crippen LogP contribution >= 0.6 is 0 Å². The van der Waals surface area contributed by atoms with Crippen molar-refractivity contribution in [2.24, 2.45) is 0 Å². The number of imidazole rings is 1. The number of aryl methyl sites for hydroxylation is 1. The van der Waals surface area contributed by atoms with Gasteiger partial charge in [-0.2, -0.15) is 0 Å². The molecule has 6 nitrogen and oxygen atoms in total. The molecule has 0 fully saturated rings. The first-order valence-electron chi connectivity index (χ1n) is 8.80. The van der Waals surface area contributed by atoms with E-state index < -0.39 is 17.9 Å². The largest absolute Gasteiger partial charge is 0.462 e. The van der Waals surface area contributed by atoms with Gasteiger partial charge >= 0.3 is 11.7 Å². The fraction of sp³-hybridized carbons (Fsp3) is 0.300. The number of esters is 1. The van der Waals surface area contributed by atoms with E-state index in [1.54, 1.807) is 29.7 Å². The number of aliphatic hydroxyl groups excluding tert-OH is 1. The number of benzene rings is 2. The molecule has 1 aromatic heterocycles. The highest BCUT2D eigenvalue weighted by Crippen LogP contribution is 2.21. The number of hydrogen-bond acceptors (Lipinski definition) is 4. The van der Waals surface area contributed by atoms with Gasteiger partial charge in [-0.3, -0.25) is 9.13 Å². The summed E-state index contributed by atoms with van der Waals surface area (Å²) in [6, 6.07) is 10.4. The lowest BCUT2D eigenvalue weighted by atomic mass is 10.1. The molecule has 3 aromatic rings.